The van der Waals surface area contributed by atoms with Gasteiger partial charge in [0.2, 0.25) is 0 Å². The molecule has 1 aliphatic rings. The van der Waals surface area contributed by atoms with E-state index in [0.717, 1.165) is 29.1 Å². The van der Waals surface area contributed by atoms with Gasteiger partial charge in [-0.05, 0) is 42.0 Å². The third kappa shape index (κ3) is 4.43. The molecule has 4 aromatic rings. The lowest BCUT2D eigenvalue weighted by molar-refractivity contribution is 0.341. The predicted molar refractivity (Wildman–Crippen MR) is 118 cm³/mol. The molecule has 5 rings (SSSR count). The van der Waals surface area contributed by atoms with Crippen LogP contribution in [0.15, 0.2) is 65.9 Å². The molecule has 0 saturated carbocycles. The highest BCUT2D eigenvalue weighted by atomic mass is 19.1. The van der Waals surface area contributed by atoms with Gasteiger partial charge in [-0.3, -0.25) is 4.99 Å². The minimum absolute atomic E-state index is 0.309. The summed E-state index contributed by atoms with van der Waals surface area (Å²) in [7, 11) is 0. The minimum atomic E-state index is -0.922. The summed E-state index contributed by atoms with van der Waals surface area (Å²) < 4.78 is 52.9. The molecule has 1 aromatic heterocycles. The van der Waals surface area contributed by atoms with E-state index in [1.165, 1.54) is 24.5 Å². The van der Waals surface area contributed by atoms with Gasteiger partial charge in [0, 0.05) is 23.6 Å². The maximum absolute atomic E-state index is 14.6. The van der Waals surface area contributed by atoms with E-state index in [-0.39, 0.29) is 5.75 Å². The van der Waals surface area contributed by atoms with Crippen molar-refractivity contribution in [2.75, 3.05) is 18.5 Å². The normalized spacial score (nSPS) is 13.0. The summed E-state index contributed by atoms with van der Waals surface area (Å²) >= 11 is 0. The second-order valence-electron chi connectivity index (χ2n) is 7.30. The molecule has 0 radical (unpaired) electrons. The van der Waals surface area contributed by atoms with Crippen LogP contribution in [0.4, 0.5) is 24.7 Å². The van der Waals surface area contributed by atoms with Crippen molar-refractivity contribution in [3.8, 4) is 11.5 Å². The third-order valence-corrected chi connectivity index (χ3v) is 5.03. The predicted octanol–water partition coefficient (Wildman–Crippen LogP) is 5.55. The molecule has 9 heteroatoms. The number of para-hydroxylation sites is 1. The lowest BCUT2D eigenvalue weighted by atomic mass is 10.1. The van der Waals surface area contributed by atoms with E-state index in [1.807, 2.05) is 18.2 Å². The van der Waals surface area contributed by atoms with Gasteiger partial charge in [-0.25, -0.2) is 23.1 Å². The first-order chi connectivity index (χ1) is 16.1. The molecule has 0 aliphatic carbocycles. The Bertz CT molecular complexity index is 1360. The lowest BCUT2D eigenvalue weighted by Gasteiger charge is -2.12. The van der Waals surface area contributed by atoms with Crippen LogP contribution in [0.25, 0.3) is 10.9 Å². The Morgan fingerprint density at radius 1 is 0.939 bits per heavy atom. The minimum Gasteiger partial charge on any atom is -0.479 e. The summed E-state index contributed by atoms with van der Waals surface area (Å²) in [6, 6.07) is 13.0. The number of anilines is 2. The van der Waals surface area contributed by atoms with Gasteiger partial charge >= 0.3 is 0 Å². The van der Waals surface area contributed by atoms with Crippen molar-refractivity contribution < 1.29 is 22.6 Å². The Balaban J connectivity index is 1.40. The fourth-order valence-electron chi connectivity index (χ4n) is 3.46. The maximum Gasteiger partial charge on any atom is 0.198 e. The number of benzene rings is 3. The summed E-state index contributed by atoms with van der Waals surface area (Å²) in [5.41, 5.74) is 2.06. The van der Waals surface area contributed by atoms with Crippen molar-refractivity contribution >= 4 is 28.3 Å². The third-order valence-electron chi connectivity index (χ3n) is 5.03. The molecule has 0 fully saturated rings. The van der Waals surface area contributed by atoms with Gasteiger partial charge in [0.25, 0.3) is 0 Å². The van der Waals surface area contributed by atoms with E-state index in [2.05, 4.69) is 20.3 Å². The number of halogens is 3. The van der Waals surface area contributed by atoms with Crippen molar-refractivity contribution in [1.82, 2.24) is 9.97 Å². The molecule has 3 aromatic carbocycles. The molecular formula is C24H17F3N4O2. The average molecular weight is 450 g/mol. The van der Waals surface area contributed by atoms with Crippen LogP contribution in [0, 0.1) is 17.5 Å². The van der Waals surface area contributed by atoms with Crippen LogP contribution in [-0.4, -0.2) is 29.0 Å². The summed E-state index contributed by atoms with van der Waals surface area (Å²) in [4.78, 5) is 12.9. The Morgan fingerprint density at radius 3 is 2.55 bits per heavy atom. The summed E-state index contributed by atoms with van der Waals surface area (Å²) in [6.45, 7) is 1.25. The molecule has 0 bridgehead atoms. The van der Waals surface area contributed by atoms with Crippen LogP contribution < -0.4 is 10.1 Å². The van der Waals surface area contributed by atoms with E-state index >= 15 is 0 Å². The zero-order valence-corrected chi connectivity index (χ0v) is 17.2. The number of nitrogens with one attached hydrogen (secondary N) is 1. The summed E-state index contributed by atoms with van der Waals surface area (Å²) in [6.07, 6.45) is 1.96. The first kappa shape index (κ1) is 20.7. The summed E-state index contributed by atoms with van der Waals surface area (Å²) in [5.74, 6) is -2.45. The molecule has 33 heavy (non-hydrogen) atoms. The zero-order chi connectivity index (χ0) is 22.8. The second-order valence-corrected chi connectivity index (χ2v) is 7.30. The number of rotatable bonds is 6. The SMILES string of the molecule is Fc1cc(Nc2ncnc3ccc(CC4=NCCO4)cc23)ccc1Oc1c(F)cccc1F. The van der Waals surface area contributed by atoms with Crippen molar-refractivity contribution in [3.05, 3.63) is 83.9 Å². The Morgan fingerprint density at radius 2 is 1.79 bits per heavy atom. The van der Waals surface area contributed by atoms with Crippen LogP contribution in [0.1, 0.15) is 5.56 Å². The quantitative estimate of drug-likeness (QED) is 0.417. The Labute approximate surface area is 186 Å². The van der Waals surface area contributed by atoms with E-state index in [9.17, 15) is 13.2 Å². The first-order valence-corrected chi connectivity index (χ1v) is 10.1. The average Bonchev–Trinajstić information content (AvgIpc) is 3.31. The second kappa shape index (κ2) is 8.78. The highest BCUT2D eigenvalue weighted by Crippen LogP contribution is 2.32. The van der Waals surface area contributed by atoms with Crippen molar-refractivity contribution in [2.45, 2.75) is 6.42 Å². The molecule has 1 aliphatic heterocycles. The fourth-order valence-corrected chi connectivity index (χ4v) is 3.46. The largest absolute Gasteiger partial charge is 0.479 e. The van der Waals surface area contributed by atoms with Gasteiger partial charge in [-0.2, -0.15) is 0 Å². The van der Waals surface area contributed by atoms with Crippen LogP contribution >= 0.6 is 0 Å². The van der Waals surface area contributed by atoms with Crippen LogP contribution in [-0.2, 0) is 11.2 Å². The van der Waals surface area contributed by atoms with E-state index in [0.29, 0.717) is 42.5 Å². The smallest absolute Gasteiger partial charge is 0.198 e. The van der Waals surface area contributed by atoms with Gasteiger partial charge in [0.05, 0.1) is 12.1 Å². The molecule has 0 saturated heterocycles. The standard InChI is InChI=1S/C24H17F3N4O2/c25-17-2-1-3-18(26)23(17)33-21-7-5-15(12-19(21)27)31-24-16-10-14(11-22-28-8-9-32-22)4-6-20(16)29-13-30-24/h1-7,10,12-13H,8-9,11H2,(H,29,30,31). The zero-order valence-electron chi connectivity index (χ0n) is 17.2. The topological polar surface area (TPSA) is 68.6 Å². The van der Waals surface area contributed by atoms with Gasteiger partial charge < -0.3 is 14.8 Å². The van der Waals surface area contributed by atoms with Crippen LogP contribution in [0.5, 0.6) is 11.5 Å². The van der Waals surface area contributed by atoms with Crippen molar-refractivity contribution in [3.63, 3.8) is 0 Å². The monoisotopic (exact) mass is 450 g/mol. The highest BCUT2D eigenvalue weighted by Gasteiger charge is 2.15. The molecule has 0 unspecified atom stereocenters. The molecule has 6 nitrogen and oxygen atoms in total. The molecule has 1 N–H and O–H groups in total. The van der Waals surface area contributed by atoms with Gasteiger partial charge in [0.15, 0.2) is 34.8 Å². The molecule has 0 spiro atoms. The molecular weight excluding hydrogens is 433 g/mol. The van der Waals surface area contributed by atoms with E-state index in [1.54, 1.807) is 0 Å². The Hall–Kier alpha value is -4.14. The molecule has 0 atom stereocenters. The van der Waals surface area contributed by atoms with E-state index in [4.69, 9.17) is 9.47 Å². The number of aromatic nitrogens is 2. The fraction of sp³-hybridized carbons (Fsp3) is 0.125. The first-order valence-electron chi connectivity index (χ1n) is 10.1. The van der Waals surface area contributed by atoms with Crippen LogP contribution in [0.3, 0.4) is 0 Å². The number of hydrogen-bond donors (Lipinski definition) is 1. The van der Waals surface area contributed by atoms with Crippen molar-refractivity contribution in [2.24, 2.45) is 4.99 Å². The van der Waals surface area contributed by atoms with Gasteiger partial charge in [-0.1, -0.05) is 12.1 Å². The number of ether oxygens (including phenoxy) is 2. The molecule has 2 heterocycles. The van der Waals surface area contributed by atoms with Gasteiger partial charge in [0.1, 0.15) is 18.8 Å². The lowest BCUT2D eigenvalue weighted by Crippen LogP contribution is -2.04. The number of nitrogens with zero attached hydrogens (tertiary/aromatic N) is 3. The van der Waals surface area contributed by atoms with Crippen LogP contribution in [0.2, 0.25) is 0 Å². The summed E-state index contributed by atoms with van der Waals surface area (Å²) in [5, 5.41) is 3.80. The molecule has 166 valence electrons. The highest BCUT2D eigenvalue weighted by molar-refractivity contribution is 5.92. The Kier molecular flexibility index (Phi) is 5.52. The van der Waals surface area contributed by atoms with Gasteiger partial charge in [-0.15, -0.1) is 0 Å². The number of fused-ring (bicyclic) bond motifs is 1. The number of hydrogen-bond acceptors (Lipinski definition) is 6. The maximum atomic E-state index is 14.6. The molecule has 0 amide bonds. The van der Waals surface area contributed by atoms with Crippen molar-refractivity contribution in [1.29, 1.82) is 0 Å². The number of aliphatic imine (C=N–C) groups is 1. The van der Waals surface area contributed by atoms with E-state index < -0.39 is 23.2 Å².